The molecule has 1 N–H and O–H groups in total. The number of aromatic nitrogens is 1. The monoisotopic (exact) mass is 247 g/mol. The molecule has 0 saturated carbocycles. The van der Waals surface area contributed by atoms with Crippen molar-refractivity contribution >= 4 is 23.1 Å². The number of hydrazine groups is 1. The number of nitrogens with one attached hydrogen (secondary N) is 1. The third kappa shape index (κ3) is 2.82. The van der Waals surface area contributed by atoms with E-state index in [2.05, 4.69) is 10.4 Å². The van der Waals surface area contributed by atoms with Gasteiger partial charge in [0.2, 0.25) is 0 Å². The molecule has 0 bridgehead atoms. The Balaban J connectivity index is 2.04. The highest BCUT2D eigenvalue weighted by Crippen LogP contribution is 2.15. The van der Waals surface area contributed by atoms with Gasteiger partial charge in [-0.25, -0.2) is 4.98 Å². The molecule has 0 saturated heterocycles. The molecule has 0 aromatic carbocycles. The Morgan fingerprint density at radius 1 is 1.35 bits per heavy atom. The Labute approximate surface area is 104 Å². The van der Waals surface area contributed by atoms with Gasteiger partial charge in [-0.2, -0.15) is 0 Å². The van der Waals surface area contributed by atoms with Crippen molar-refractivity contribution < 1.29 is 4.79 Å². The van der Waals surface area contributed by atoms with E-state index in [9.17, 15) is 4.79 Å². The zero-order valence-corrected chi connectivity index (χ0v) is 10.5. The number of thiophene rings is 1. The molecule has 0 fully saturated rings. The summed E-state index contributed by atoms with van der Waals surface area (Å²) in [7, 11) is 1.76. The second kappa shape index (κ2) is 4.97. The van der Waals surface area contributed by atoms with E-state index in [1.54, 1.807) is 18.3 Å². The van der Waals surface area contributed by atoms with Crippen LogP contribution in [0.15, 0.2) is 36.5 Å². The number of rotatable bonds is 3. The van der Waals surface area contributed by atoms with Crippen molar-refractivity contribution in [3.8, 4) is 0 Å². The summed E-state index contributed by atoms with van der Waals surface area (Å²) in [5.41, 5.74) is 2.77. The first kappa shape index (κ1) is 11.6. The van der Waals surface area contributed by atoms with Gasteiger partial charge in [0, 0.05) is 18.1 Å². The van der Waals surface area contributed by atoms with Crippen LogP contribution in [0.3, 0.4) is 0 Å². The van der Waals surface area contributed by atoms with E-state index < -0.39 is 0 Å². The smallest absolute Gasteiger partial charge is 0.271 e. The van der Waals surface area contributed by atoms with Crippen LogP contribution in [0.5, 0.6) is 0 Å². The lowest BCUT2D eigenvalue weighted by Gasteiger charge is -2.18. The van der Waals surface area contributed by atoms with E-state index in [4.69, 9.17) is 0 Å². The minimum atomic E-state index is -0.115. The van der Waals surface area contributed by atoms with Crippen LogP contribution in [0, 0.1) is 6.92 Å². The van der Waals surface area contributed by atoms with E-state index in [-0.39, 0.29) is 5.91 Å². The molecule has 5 heteroatoms. The molecule has 2 aromatic rings. The largest absolute Gasteiger partial charge is 0.279 e. The summed E-state index contributed by atoms with van der Waals surface area (Å²) < 4.78 is 0. The van der Waals surface area contributed by atoms with Crippen molar-refractivity contribution in [1.29, 1.82) is 0 Å². The highest BCUT2D eigenvalue weighted by Gasteiger charge is 2.10. The first-order valence-electron chi connectivity index (χ1n) is 5.19. The first-order valence-corrected chi connectivity index (χ1v) is 6.00. The van der Waals surface area contributed by atoms with Gasteiger partial charge in [-0.3, -0.25) is 15.2 Å². The fraction of sp³-hybridized carbons (Fsp3) is 0.167. The molecule has 0 aliphatic heterocycles. The molecule has 2 aromatic heterocycles. The number of nitrogens with zero attached hydrogens (tertiary/aromatic N) is 2. The Hall–Kier alpha value is -1.88. The summed E-state index contributed by atoms with van der Waals surface area (Å²) >= 11 is 1.47. The minimum absolute atomic E-state index is 0.115. The van der Waals surface area contributed by atoms with Crippen LogP contribution in [0.2, 0.25) is 0 Å². The molecule has 2 heterocycles. The van der Waals surface area contributed by atoms with E-state index in [1.165, 1.54) is 11.3 Å². The van der Waals surface area contributed by atoms with Gasteiger partial charge in [-0.1, -0.05) is 6.07 Å². The van der Waals surface area contributed by atoms with Crippen molar-refractivity contribution in [2.75, 3.05) is 12.1 Å². The van der Waals surface area contributed by atoms with Crippen LogP contribution in [-0.2, 0) is 0 Å². The molecule has 17 heavy (non-hydrogen) atoms. The molecule has 88 valence electrons. The number of pyridine rings is 1. The summed E-state index contributed by atoms with van der Waals surface area (Å²) in [6.45, 7) is 1.98. The van der Waals surface area contributed by atoms with Crippen molar-refractivity contribution in [3.05, 3.63) is 46.3 Å². The number of anilines is 1. The fourth-order valence-electron chi connectivity index (χ4n) is 1.37. The minimum Gasteiger partial charge on any atom is -0.271 e. The number of hydrogen-bond donors (Lipinski definition) is 1. The molecular formula is C12H13N3OS. The normalized spacial score (nSPS) is 10.0. The van der Waals surface area contributed by atoms with Gasteiger partial charge in [0.05, 0.1) is 4.88 Å². The molecule has 0 aliphatic carbocycles. The van der Waals surface area contributed by atoms with Crippen LogP contribution < -0.4 is 10.4 Å². The summed E-state index contributed by atoms with van der Waals surface area (Å²) in [4.78, 5) is 17.8. The predicted octanol–water partition coefficient (Wildman–Crippen LogP) is 2.23. The number of hydrogen-bond acceptors (Lipinski definition) is 4. The molecule has 2 rings (SSSR count). The maximum Gasteiger partial charge on any atom is 0.279 e. The zero-order valence-electron chi connectivity index (χ0n) is 9.68. The van der Waals surface area contributed by atoms with Gasteiger partial charge in [0.25, 0.3) is 5.91 Å². The third-order valence-electron chi connectivity index (χ3n) is 2.23. The van der Waals surface area contributed by atoms with Crippen molar-refractivity contribution in [2.45, 2.75) is 6.92 Å². The van der Waals surface area contributed by atoms with Gasteiger partial charge < -0.3 is 0 Å². The Bertz CT molecular complexity index is 509. The summed E-state index contributed by atoms with van der Waals surface area (Å²) in [5, 5.41) is 1.61. The highest BCUT2D eigenvalue weighted by atomic mass is 32.1. The van der Waals surface area contributed by atoms with E-state index in [0.29, 0.717) is 10.7 Å². The summed E-state index contributed by atoms with van der Waals surface area (Å²) in [6.07, 6.45) is 1.69. The maximum absolute atomic E-state index is 11.9. The first-order chi connectivity index (χ1) is 8.16. The molecule has 4 nitrogen and oxygen atoms in total. The van der Waals surface area contributed by atoms with Gasteiger partial charge >= 0.3 is 0 Å². The molecule has 0 atom stereocenters. The van der Waals surface area contributed by atoms with Crippen molar-refractivity contribution in [2.24, 2.45) is 0 Å². The van der Waals surface area contributed by atoms with Gasteiger partial charge in [-0.15, -0.1) is 11.3 Å². The third-order valence-corrected chi connectivity index (χ3v) is 3.23. The summed E-state index contributed by atoms with van der Waals surface area (Å²) in [6, 6.07) is 9.30. The van der Waals surface area contributed by atoms with E-state index in [0.717, 1.165) is 4.88 Å². The molecule has 0 spiro atoms. The Morgan fingerprint density at radius 3 is 2.76 bits per heavy atom. The average molecular weight is 247 g/mol. The van der Waals surface area contributed by atoms with E-state index in [1.807, 2.05) is 37.3 Å². The van der Waals surface area contributed by atoms with Crippen LogP contribution in [0.4, 0.5) is 5.82 Å². The lowest BCUT2D eigenvalue weighted by molar-refractivity contribution is 0.0955. The lowest BCUT2D eigenvalue weighted by Crippen LogP contribution is -2.39. The highest BCUT2D eigenvalue weighted by molar-refractivity contribution is 7.13. The topological polar surface area (TPSA) is 45.2 Å². The molecule has 0 aliphatic rings. The van der Waals surface area contributed by atoms with Gasteiger partial charge in [-0.05, 0) is 31.2 Å². The second-order valence-electron chi connectivity index (χ2n) is 3.60. The molecular weight excluding hydrogens is 234 g/mol. The maximum atomic E-state index is 11.9. The van der Waals surface area contributed by atoms with Crippen LogP contribution in [0.1, 0.15) is 14.5 Å². The molecule has 1 amide bonds. The number of carbonyl (C=O) groups excluding carboxylic acids is 1. The SMILES string of the molecule is Cc1ccc(C(=O)NN(C)c2ccccn2)s1. The van der Waals surface area contributed by atoms with Crippen LogP contribution in [-0.4, -0.2) is 17.9 Å². The van der Waals surface area contributed by atoms with Crippen molar-refractivity contribution in [1.82, 2.24) is 10.4 Å². The predicted molar refractivity (Wildman–Crippen MR) is 69.2 cm³/mol. The summed E-state index contributed by atoms with van der Waals surface area (Å²) in [5.74, 6) is 0.588. The molecule has 0 unspecified atom stereocenters. The van der Waals surface area contributed by atoms with Crippen LogP contribution in [0.25, 0.3) is 0 Å². The number of amides is 1. The fourth-order valence-corrected chi connectivity index (χ4v) is 2.13. The number of carbonyl (C=O) groups is 1. The quantitative estimate of drug-likeness (QED) is 0.846. The van der Waals surface area contributed by atoms with Crippen LogP contribution >= 0.6 is 11.3 Å². The zero-order chi connectivity index (χ0) is 12.3. The standard InChI is InChI=1S/C12H13N3OS/c1-9-6-7-10(17-9)12(16)14-15(2)11-5-3-4-8-13-11/h3-8H,1-2H3,(H,14,16). The van der Waals surface area contributed by atoms with Gasteiger partial charge in [0.15, 0.2) is 0 Å². The Morgan fingerprint density at radius 2 is 2.18 bits per heavy atom. The van der Waals surface area contributed by atoms with Gasteiger partial charge in [0.1, 0.15) is 5.82 Å². The van der Waals surface area contributed by atoms with Crippen molar-refractivity contribution in [3.63, 3.8) is 0 Å². The molecule has 0 radical (unpaired) electrons. The lowest BCUT2D eigenvalue weighted by atomic mass is 10.4. The number of aryl methyl sites for hydroxylation is 1. The Kier molecular flexibility index (Phi) is 3.39. The second-order valence-corrected chi connectivity index (χ2v) is 4.89. The average Bonchev–Trinajstić information content (AvgIpc) is 2.77. The van der Waals surface area contributed by atoms with E-state index >= 15 is 0 Å².